The van der Waals surface area contributed by atoms with E-state index in [0.717, 1.165) is 36.8 Å². The fourth-order valence-electron chi connectivity index (χ4n) is 6.48. The molecule has 0 aliphatic heterocycles. The lowest BCUT2D eigenvalue weighted by atomic mass is 9.63. The number of benzene rings is 2. The first-order valence-corrected chi connectivity index (χ1v) is 14.5. The molecule has 0 atom stereocenters. The van der Waals surface area contributed by atoms with Crippen LogP contribution in [-0.4, -0.2) is 33.5 Å². The number of nitrogens with one attached hydrogen (secondary N) is 2. The fourth-order valence-corrected chi connectivity index (χ4v) is 6.48. The summed E-state index contributed by atoms with van der Waals surface area (Å²) in [4.78, 5) is 29.3. The topological polar surface area (TPSA) is 117 Å². The van der Waals surface area contributed by atoms with E-state index in [1.165, 1.54) is 6.07 Å². The average Bonchev–Trinajstić information content (AvgIpc) is 2.93. The number of hydrogen-bond donors (Lipinski definition) is 4. The summed E-state index contributed by atoms with van der Waals surface area (Å²) in [6, 6.07) is 16.7. The van der Waals surface area contributed by atoms with Gasteiger partial charge in [0.05, 0.1) is 23.2 Å². The van der Waals surface area contributed by atoms with Gasteiger partial charge in [0.1, 0.15) is 5.82 Å². The molecule has 2 aromatic carbocycles. The maximum absolute atomic E-state index is 15.3. The minimum Gasteiger partial charge on any atom is -0.390 e. The number of nitrogens with zero attached hydrogens (tertiary/aromatic N) is 1. The van der Waals surface area contributed by atoms with Crippen LogP contribution in [0.2, 0.25) is 0 Å². The molecule has 2 fully saturated rings. The van der Waals surface area contributed by atoms with Gasteiger partial charge >= 0.3 is 0 Å². The second kappa shape index (κ2) is 11.7. The Kier molecular flexibility index (Phi) is 8.25. The highest BCUT2D eigenvalue weighted by molar-refractivity contribution is 5.93. The first-order chi connectivity index (χ1) is 19.5. The van der Waals surface area contributed by atoms with Crippen molar-refractivity contribution in [3.05, 3.63) is 72.2 Å². The smallest absolute Gasteiger partial charge is 0.224 e. The molecule has 0 radical (unpaired) electrons. The number of nitrogens with two attached hydrogens (primary N) is 1. The number of rotatable bonds is 8. The second-order valence-electron chi connectivity index (χ2n) is 12.1. The molecular formula is C33H39FN4O3. The van der Waals surface area contributed by atoms with Crippen molar-refractivity contribution in [2.75, 3.05) is 5.32 Å². The van der Waals surface area contributed by atoms with Gasteiger partial charge in [0.2, 0.25) is 11.8 Å². The highest BCUT2D eigenvalue weighted by atomic mass is 19.1. The number of hydrogen-bond acceptors (Lipinski definition) is 5. The molecule has 216 valence electrons. The van der Waals surface area contributed by atoms with Gasteiger partial charge in [-0.15, -0.1) is 0 Å². The van der Waals surface area contributed by atoms with Gasteiger partial charge in [-0.25, -0.2) is 4.39 Å². The third-order valence-corrected chi connectivity index (χ3v) is 8.43. The zero-order valence-corrected chi connectivity index (χ0v) is 23.8. The van der Waals surface area contributed by atoms with Gasteiger partial charge in [-0.05, 0) is 69.1 Å². The van der Waals surface area contributed by atoms with Crippen LogP contribution in [0.25, 0.3) is 22.4 Å². The third kappa shape index (κ3) is 6.66. The molecule has 5 rings (SSSR count). The van der Waals surface area contributed by atoms with Gasteiger partial charge in [0.25, 0.3) is 0 Å². The van der Waals surface area contributed by atoms with Crippen molar-refractivity contribution in [1.82, 2.24) is 10.3 Å². The summed E-state index contributed by atoms with van der Waals surface area (Å²) in [6.07, 6.45) is 6.68. The first kappa shape index (κ1) is 28.9. The summed E-state index contributed by atoms with van der Waals surface area (Å²) in [5, 5.41) is 16.2. The van der Waals surface area contributed by atoms with Gasteiger partial charge in [-0.1, -0.05) is 49.4 Å². The third-order valence-electron chi connectivity index (χ3n) is 8.43. The second-order valence-corrected chi connectivity index (χ2v) is 12.1. The number of carbonyl (C=O) groups excluding carboxylic acids is 2. The number of aliphatic hydroxyl groups is 1. The standard InChI is InChI=1S/C33H39FN4O3/c1-3-29(39)37-24-12-9-21(10-13-24)15-30(40)38-25-17-26(22-7-5-4-6-8-22)31(36-18-25)23-11-14-27(28(34)16-23)33(35)19-32(2,41)20-33/h4-8,11,14,16-18,21,24,41H,3,9-10,12-13,15,19-20,35H2,1-2H3,(H,37,39)(H,38,40). The number of pyridine rings is 1. The normalized spacial score (nSPS) is 25.7. The van der Waals surface area contributed by atoms with Crippen LogP contribution in [0.15, 0.2) is 60.8 Å². The summed E-state index contributed by atoms with van der Waals surface area (Å²) in [7, 11) is 0. The van der Waals surface area contributed by atoms with Crippen molar-refractivity contribution >= 4 is 17.5 Å². The van der Waals surface area contributed by atoms with Crippen molar-refractivity contribution in [2.24, 2.45) is 11.7 Å². The Balaban J connectivity index is 1.32. The van der Waals surface area contributed by atoms with Crippen LogP contribution in [-0.2, 0) is 15.1 Å². The van der Waals surface area contributed by atoms with Gasteiger partial charge in [0.15, 0.2) is 0 Å². The van der Waals surface area contributed by atoms with Crippen LogP contribution in [0.4, 0.5) is 10.1 Å². The molecule has 2 aliphatic carbocycles. The van der Waals surface area contributed by atoms with Crippen LogP contribution in [0.3, 0.4) is 0 Å². The van der Waals surface area contributed by atoms with Gasteiger partial charge in [-0.2, -0.15) is 0 Å². The fraction of sp³-hybridized carbons (Fsp3) is 0.424. The van der Waals surface area contributed by atoms with E-state index in [4.69, 9.17) is 5.73 Å². The molecule has 3 aromatic rings. The van der Waals surface area contributed by atoms with Crippen LogP contribution in [0.5, 0.6) is 0 Å². The Morgan fingerprint density at radius 1 is 1.02 bits per heavy atom. The molecule has 2 saturated carbocycles. The average molecular weight is 559 g/mol. The van der Waals surface area contributed by atoms with E-state index >= 15 is 4.39 Å². The lowest BCUT2D eigenvalue weighted by molar-refractivity contribution is -0.122. The monoisotopic (exact) mass is 558 g/mol. The highest BCUT2D eigenvalue weighted by Gasteiger charge is 2.50. The number of halogens is 1. The SMILES string of the molecule is CCC(=O)NC1CCC(CC(=O)Nc2cnc(-c3ccc(C4(N)CC(C)(O)C4)c(F)c3)c(-c3ccccc3)c2)CC1. The van der Waals surface area contributed by atoms with Crippen LogP contribution in [0, 0.1) is 11.7 Å². The zero-order chi connectivity index (χ0) is 29.2. The van der Waals surface area contributed by atoms with E-state index in [9.17, 15) is 14.7 Å². The lowest BCUT2D eigenvalue weighted by Crippen LogP contribution is -2.58. The Labute approximate surface area is 240 Å². The van der Waals surface area contributed by atoms with Crippen molar-refractivity contribution in [3.8, 4) is 22.4 Å². The number of anilines is 1. The van der Waals surface area contributed by atoms with E-state index < -0.39 is 17.0 Å². The van der Waals surface area contributed by atoms with Crippen molar-refractivity contribution in [2.45, 2.75) is 82.4 Å². The largest absolute Gasteiger partial charge is 0.390 e. The Morgan fingerprint density at radius 3 is 2.37 bits per heavy atom. The van der Waals surface area contributed by atoms with Crippen molar-refractivity contribution in [1.29, 1.82) is 0 Å². The van der Waals surface area contributed by atoms with E-state index in [-0.39, 0.29) is 23.8 Å². The van der Waals surface area contributed by atoms with Crippen molar-refractivity contribution < 1.29 is 19.1 Å². The molecule has 0 saturated heterocycles. The molecule has 0 unspecified atom stereocenters. The Morgan fingerprint density at radius 2 is 1.73 bits per heavy atom. The lowest BCUT2D eigenvalue weighted by Gasteiger charge is -2.49. The maximum atomic E-state index is 15.3. The predicted molar refractivity (Wildman–Crippen MR) is 158 cm³/mol. The van der Waals surface area contributed by atoms with Crippen molar-refractivity contribution in [3.63, 3.8) is 0 Å². The molecule has 8 heteroatoms. The number of carbonyl (C=O) groups is 2. The minimum atomic E-state index is -0.890. The molecule has 2 amide bonds. The molecule has 5 N–H and O–H groups in total. The Hall–Kier alpha value is -3.62. The molecule has 41 heavy (non-hydrogen) atoms. The van der Waals surface area contributed by atoms with E-state index in [0.29, 0.717) is 48.2 Å². The Bertz CT molecular complexity index is 1410. The molecule has 0 spiro atoms. The molecule has 7 nitrogen and oxygen atoms in total. The van der Waals surface area contributed by atoms with E-state index in [2.05, 4.69) is 15.6 Å². The number of aromatic nitrogens is 1. The summed E-state index contributed by atoms with van der Waals surface area (Å²) in [5.74, 6) is -0.148. The molecule has 2 aliphatic rings. The molecule has 1 aromatic heterocycles. The number of amides is 2. The maximum Gasteiger partial charge on any atom is 0.224 e. The van der Waals surface area contributed by atoms with Gasteiger partial charge < -0.3 is 21.5 Å². The summed E-state index contributed by atoms with van der Waals surface area (Å²) >= 11 is 0. The zero-order valence-electron chi connectivity index (χ0n) is 23.8. The molecule has 0 bridgehead atoms. The highest BCUT2D eigenvalue weighted by Crippen LogP contribution is 2.47. The molecule has 1 heterocycles. The van der Waals surface area contributed by atoms with E-state index in [1.54, 1.807) is 19.2 Å². The summed E-state index contributed by atoms with van der Waals surface area (Å²) in [6.45, 7) is 3.56. The quantitative estimate of drug-likeness (QED) is 0.284. The summed E-state index contributed by atoms with van der Waals surface area (Å²) < 4.78 is 15.3. The predicted octanol–water partition coefficient (Wildman–Crippen LogP) is 5.67. The van der Waals surface area contributed by atoms with Crippen LogP contribution < -0.4 is 16.4 Å². The van der Waals surface area contributed by atoms with Crippen LogP contribution in [0.1, 0.15) is 70.8 Å². The van der Waals surface area contributed by atoms with Crippen LogP contribution >= 0.6 is 0 Å². The summed E-state index contributed by atoms with van der Waals surface area (Å²) in [5.41, 5.74) is 8.47. The first-order valence-electron chi connectivity index (χ1n) is 14.5. The minimum absolute atomic E-state index is 0.0698. The molecular weight excluding hydrogens is 519 g/mol. The van der Waals surface area contributed by atoms with E-state index in [1.807, 2.05) is 49.4 Å². The van der Waals surface area contributed by atoms with Gasteiger partial charge in [0, 0.05) is 41.1 Å². The van der Waals surface area contributed by atoms with Gasteiger partial charge in [-0.3, -0.25) is 14.6 Å².